The molecule has 1 fully saturated rings. The van der Waals surface area contributed by atoms with Crippen molar-refractivity contribution in [1.82, 2.24) is 10.2 Å². The molecule has 0 aliphatic carbocycles. The first-order chi connectivity index (χ1) is 8.65. The molecule has 0 aromatic carbocycles. The first kappa shape index (κ1) is 13.1. The van der Waals surface area contributed by atoms with Crippen LogP contribution >= 0.6 is 0 Å². The largest absolute Gasteiger partial charge is 0.472 e. The van der Waals surface area contributed by atoms with Crippen LogP contribution in [0.4, 0.5) is 0 Å². The zero-order valence-corrected chi connectivity index (χ0v) is 11.2. The Bertz CT molecular complexity index is 381. The van der Waals surface area contributed by atoms with E-state index >= 15 is 0 Å². The van der Waals surface area contributed by atoms with Crippen LogP contribution in [0, 0.1) is 5.41 Å². The molecule has 1 aliphatic heterocycles. The number of nitrogens with zero attached hydrogens (tertiary/aromatic N) is 1. The van der Waals surface area contributed by atoms with Gasteiger partial charge in [0, 0.05) is 25.2 Å². The minimum Gasteiger partial charge on any atom is -0.472 e. The van der Waals surface area contributed by atoms with Crippen molar-refractivity contribution in [2.45, 2.75) is 33.2 Å². The number of furan rings is 1. The van der Waals surface area contributed by atoms with Crippen LogP contribution in [0.2, 0.25) is 0 Å². The van der Waals surface area contributed by atoms with E-state index < -0.39 is 0 Å². The summed E-state index contributed by atoms with van der Waals surface area (Å²) in [5.41, 5.74) is 0.801. The number of rotatable bonds is 4. The Balaban J connectivity index is 2.04. The Hall–Kier alpha value is -1.29. The molecule has 2 heterocycles. The van der Waals surface area contributed by atoms with E-state index in [1.807, 2.05) is 17.9 Å². The highest BCUT2D eigenvalue weighted by Crippen LogP contribution is 2.28. The Morgan fingerprint density at radius 3 is 3.00 bits per heavy atom. The van der Waals surface area contributed by atoms with Crippen LogP contribution < -0.4 is 5.32 Å². The van der Waals surface area contributed by atoms with Crippen molar-refractivity contribution in [1.29, 1.82) is 0 Å². The van der Waals surface area contributed by atoms with E-state index in [1.54, 1.807) is 12.5 Å². The third kappa shape index (κ3) is 2.75. The van der Waals surface area contributed by atoms with Gasteiger partial charge in [-0.2, -0.15) is 0 Å². The van der Waals surface area contributed by atoms with E-state index in [9.17, 15) is 4.79 Å². The van der Waals surface area contributed by atoms with E-state index in [2.05, 4.69) is 12.2 Å². The highest BCUT2D eigenvalue weighted by Gasteiger charge is 2.37. The summed E-state index contributed by atoms with van der Waals surface area (Å²) >= 11 is 0. The number of carbonyl (C=O) groups excluding carboxylic acids is 1. The number of nitrogens with one attached hydrogen (secondary N) is 1. The molecule has 1 saturated heterocycles. The van der Waals surface area contributed by atoms with Crippen LogP contribution in [0.25, 0.3) is 0 Å². The minimum absolute atomic E-state index is 0.249. The van der Waals surface area contributed by atoms with Crippen molar-refractivity contribution in [3.05, 3.63) is 24.2 Å². The van der Waals surface area contributed by atoms with Gasteiger partial charge in [0.25, 0.3) is 0 Å². The maximum absolute atomic E-state index is 12.6. The van der Waals surface area contributed by atoms with Crippen molar-refractivity contribution >= 4 is 5.91 Å². The Kier molecular flexibility index (Phi) is 4.07. The molecular formula is C14H22N2O2. The van der Waals surface area contributed by atoms with Gasteiger partial charge in [-0.1, -0.05) is 0 Å². The minimum atomic E-state index is -0.252. The van der Waals surface area contributed by atoms with Gasteiger partial charge < -0.3 is 14.6 Å². The molecule has 1 unspecified atom stereocenters. The van der Waals surface area contributed by atoms with Crippen molar-refractivity contribution in [2.24, 2.45) is 5.41 Å². The molecule has 4 heteroatoms. The molecule has 1 aromatic rings. The van der Waals surface area contributed by atoms with Crippen LogP contribution in [-0.4, -0.2) is 30.4 Å². The van der Waals surface area contributed by atoms with Crippen molar-refractivity contribution in [3.63, 3.8) is 0 Å². The summed E-state index contributed by atoms with van der Waals surface area (Å²) in [5, 5.41) is 3.33. The summed E-state index contributed by atoms with van der Waals surface area (Å²) in [6.07, 6.45) is 5.40. The first-order valence-corrected chi connectivity index (χ1v) is 6.67. The van der Waals surface area contributed by atoms with Gasteiger partial charge >= 0.3 is 0 Å². The number of piperidine rings is 1. The number of hydrogen-bond donors (Lipinski definition) is 1. The van der Waals surface area contributed by atoms with Gasteiger partial charge in [0.05, 0.1) is 17.9 Å². The van der Waals surface area contributed by atoms with Gasteiger partial charge in [0.1, 0.15) is 0 Å². The molecule has 1 aromatic heterocycles. The van der Waals surface area contributed by atoms with Crippen molar-refractivity contribution < 1.29 is 9.21 Å². The highest BCUT2D eigenvalue weighted by molar-refractivity contribution is 5.82. The standard InChI is InChI=1S/C14H22N2O2/c1-3-16(9-12-5-8-18-10-12)13(17)14(2)6-4-7-15-11-14/h5,8,10,15H,3-4,6-7,9,11H2,1-2H3. The second-order valence-corrected chi connectivity index (χ2v) is 5.29. The van der Waals surface area contributed by atoms with Crippen LogP contribution in [0.3, 0.4) is 0 Å². The summed E-state index contributed by atoms with van der Waals surface area (Å²) in [7, 11) is 0. The second-order valence-electron chi connectivity index (χ2n) is 5.29. The number of carbonyl (C=O) groups is 1. The average molecular weight is 250 g/mol. The van der Waals surface area contributed by atoms with Crippen molar-refractivity contribution in [2.75, 3.05) is 19.6 Å². The fraction of sp³-hybridized carbons (Fsp3) is 0.643. The normalized spacial score (nSPS) is 23.9. The molecule has 100 valence electrons. The molecule has 0 bridgehead atoms. The van der Waals surface area contributed by atoms with E-state index in [4.69, 9.17) is 4.42 Å². The molecule has 1 N–H and O–H groups in total. The van der Waals surface area contributed by atoms with E-state index in [0.717, 1.165) is 38.0 Å². The summed E-state index contributed by atoms with van der Waals surface area (Å²) in [6.45, 7) is 7.28. The Morgan fingerprint density at radius 1 is 1.61 bits per heavy atom. The molecular weight excluding hydrogens is 228 g/mol. The van der Waals surface area contributed by atoms with Gasteiger partial charge in [-0.25, -0.2) is 0 Å². The SMILES string of the molecule is CCN(Cc1ccoc1)C(=O)C1(C)CCCNC1. The fourth-order valence-corrected chi connectivity index (χ4v) is 2.55. The lowest BCUT2D eigenvalue weighted by Crippen LogP contribution is -2.50. The smallest absolute Gasteiger partial charge is 0.230 e. The molecule has 0 radical (unpaired) electrons. The zero-order valence-electron chi connectivity index (χ0n) is 11.2. The lowest BCUT2D eigenvalue weighted by atomic mass is 9.81. The first-order valence-electron chi connectivity index (χ1n) is 6.67. The topological polar surface area (TPSA) is 45.5 Å². The zero-order chi connectivity index (χ0) is 13.0. The molecule has 0 spiro atoms. The van der Waals surface area contributed by atoms with E-state index in [0.29, 0.717) is 6.54 Å². The number of hydrogen-bond acceptors (Lipinski definition) is 3. The quantitative estimate of drug-likeness (QED) is 0.889. The maximum atomic E-state index is 12.6. The third-order valence-electron chi connectivity index (χ3n) is 3.74. The molecule has 4 nitrogen and oxygen atoms in total. The van der Waals surface area contributed by atoms with Crippen LogP contribution in [0.5, 0.6) is 0 Å². The summed E-state index contributed by atoms with van der Waals surface area (Å²) in [4.78, 5) is 14.5. The summed E-state index contributed by atoms with van der Waals surface area (Å²) < 4.78 is 5.06. The predicted octanol–water partition coefficient (Wildman–Crippen LogP) is 2.02. The molecule has 1 aliphatic rings. The summed E-state index contributed by atoms with van der Waals surface area (Å²) in [6, 6.07) is 1.91. The lowest BCUT2D eigenvalue weighted by molar-refractivity contribution is -0.142. The maximum Gasteiger partial charge on any atom is 0.230 e. The van der Waals surface area contributed by atoms with Crippen molar-refractivity contribution in [3.8, 4) is 0 Å². The van der Waals surface area contributed by atoms with E-state index in [-0.39, 0.29) is 11.3 Å². The fourth-order valence-electron chi connectivity index (χ4n) is 2.55. The van der Waals surface area contributed by atoms with Gasteiger partial charge in [-0.3, -0.25) is 4.79 Å². The lowest BCUT2D eigenvalue weighted by Gasteiger charge is -2.37. The van der Waals surface area contributed by atoms with Crippen LogP contribution in [-0.2, 0) is 11.3 Å². The van der Waals surface area contributed by atoms with Gasteiger partial charge in [0.15, 0.2) is 0 Å². The molecule has 18 heavy (non-hydrogen) atoms. The van der Waals surface area contributed by atoms with Gasteiger partial charge in [-0.15, -0.1) is 0 Å². The molecule has 1 amide bonds. The second kappa shape index (κ2) is 5.57. The number of amides is 1. The average Bonchev–Trinajstić information content (AvgIpc) is 2.89. The van der Waals surface area contributed by atoms with Crippen LogP contribution in [0.15, 0.2) is 23.0 Å². The highest BCUT2D eigenvalue weighted by atomic mass is 16.3. The van der Waals surface area contributed by atoms with Crippen LogP contribution in [0.1, 0.15) is 32.3 Å². The molecule has 2 rings (SSSR count). The summed E-state index contributed by atoms with van der Waals surface area (Å²) in [5.74, 6) is 0.249. The third-order valence-corrected chi connectivity index (χ3v) is 3.74. The monoisotopic (exact) mass is 250 g/mol. The van der Waals surface area contributed by atoms with Gasteiger partial charge in [-0.05, 0) is 39.3 Å². The Morgan fingerprint density at radius 2 is 2.44 bits per heavy atom. The predicted molar refractivity (Wildman–Crippen MR) is 70.0 cm³/mol. The van der Waals surface area contributed by atoms with E-state index in [1.165, 1.54) is 0 Å². The van der Waals surface area contributed by atoms with Gasteiger partial charge in [0.2, 0.25) is 5.91 Å². The Labute approximate surface area is 108 Å². The molecule has 1 atom stereocenters. The molecule has 0 saturated carbocycles.